The maximum atomic E-state index is 10.1. The summed E-state index contributed by atoms with van der Waals surface area (Å²) in [6.45, 7) is 0.259. The summed E-state index contributed by atoms with van der Waals surface area (Å²) in [4.78, 5) is 11.4. The Kier molecular flexibility index (Phi) is 3.27. The van der Waals surface area contributed by atoms with Crippen molar-refractivity contribution in [3.63, 3.8) is 0 Å². The second-order valence-electron chi connectivity index (χ2n) is 1.48. The summed E-state index contributed by atoms with van der Waals surface area (Å²) in [5.74, 6) is -0.515. The highest BCUT2D eigenvalue weighted by molar-refractivity contribution is 6.56. The van der Waals surface area contributed by atoms with E-state index in [1.165, 1.54) is 11.9 Å². The van der Waals surface area contributed by atoms with E-state index in [1.54, 1.807) is 0 Å². The number of aliphatic hydroxyl groups is 1. The minimum Gasteiger partial charge on any atom is -0.395 e. The van der Waals surface area contributed by atoms with E-state index in [1.807, 2.05) is 0 Å². The van der Waals surface area contributed by atoms with Gasteiger partial charge in [0.15, 0.2) is 5.81 Å². The zero-order valence-electron chi connectivity index (χ0n) is 4.79. The molecule has 2 radical (unpaired) electrons. The summed E-state index contributed by atoms with van der Waals surface area (Å²) in [6.07, 6.45) is 0. The van der Waals surface area contributed by atoms with Gasteiger partial charge in [0, 0.05) is 13.6 Å². The van der Waals surface area contributed by atoms with Crippen LogP contribution in [0.5, 0.6) is 0 Å². The molecule has 0 aliphatic carbocycles. The van der Waals surface area contributed by atoms with Crippen molar-refractivity contribution in [1.29, 1.82) is 0 Å². The molecule has 8 heavy (non-hydrogen) atoms. The van der Waals surface area contributed by atoms with Crippen LogP contribution in [0, 0.1) is 0 Å². The topological polar surface area (TPSA) is 40.5 Å². The van der Waals surface area contributed by atoms with Gasteiger partial charge in [-0.05, 0) is 0 Å². The van der Waals surface area contributed by atoms with Gasteiger partial charge in [-0.2, -0.15) is 0 Å². The molecule has 3 nitrogen and oxygen atoms in total. The Morgan fingerprint density at radius 1 is 1.88 bits per heavy atom. The van der Waals surface area contributed by atoms with Gasteiger partial charge in [0.25, 0.3) is 0 Å². The van der Waals surface area contributed by atoms with E-state index in [4.69, 9.17) is 13.0 Å². The summed E-state index contributed by atoms with van der Waals surface area (Å²) in [7, 11) is 6.32. The lowest BCUT2D eigenvalue weighted by Gasteiger charge is -2.11. The van der Waals surface area contributed by atoms with Gasteiger partial charge in [-0.15, -0.1) is 0 Å². The minimum absolute atomic E-state index is 0.0422. The lowest BCUT2D eigenvalue weighted by atomic mass is 10.1. The Morgan fingerprint density at radius 2 is 2.38 bits per heavy atom. The lowest BCUT2D eigenvalue weighted by Crippen LogP contribution is -2.27. The first-order valence-corrected chi connectivity index (χ1v) is 2.30. The molecule has 0 spiro atoms. The van der Waals surface area contributed by atoms with Gasteiger partial charge < -0.3 is 10.0 Å². The number of likely N-dealkylation sites (N-methyl/N-ethyl adjacent to an activating group) is 1. The van der Waals surface area contributed by atoms with Crippen LogP contribution in [0.1, 0.15) is 0 Å². The predicted molar refractivity (Wildman–Crippen MR) is 30.9 cm³/mol. The van der Waals surface area contributed by atoms with E-state index in [9.17, 15) is 4.79 Å². The van der Waals surface area contributed by atoms with Crippen molar-refractivity contribution in [2.75, 3.05) is 20.2 Å². The summed E-state index contributed by atoms with van der Waals surface area (Å²) in [5, 5.41) is 8.24. The molecule has 1 N–H and O–H groups in total. The molecule has 0 bridgehead atoms. The molecule has 0 saturated heterocycles. The number of carbonyl (C=O) groups is 1. The van der Waals surface area contributed by atoms with Crippen LogP contribution < -0.4 is 0 Å². The van der Waals surface area contributed by atoms with Crippen molar-refractivity contribution >= 4 is 13.7 Å². The van der Waals surface area contributed by atoms with Crippen molar-refractivity contribution in [2.45, 2.75) is 0 Å². The zero-order valence-corrected chi connectivity index (χ0v) is 4.79. The van der Waals surface area contributed by atoms with Crippen molar-refractivity contribution in [2.24, 2.45) is 0 Å². The number of hydrogen-bond acceptors (Lipinski definition) is 2. The third-order valence-electron chi connectivity index (χ3n) is 0.812. The van der Waals surface area contributed by atoms with E-state index in [-0.39, 0.29) is 6.61 Å². The Bertz CT molecular complexity index is 86.1. The van der Waals surface area contributed by atoms with Crippen LogP contribution in [-0.4, -0.2) is 43.9 Å². The Morgan fingerprint density at radius 3 is 2.50 bits per heavy atom. The number of hydrogen-bond donors (Lipinski definition) is 1. The Labute approximate surface area is 49.7 Å². The molecule has 0 aromatic carbocycles. The first-order chi connectivity index (χ1) is 3.68. The molecule has 44 valence electrons. The Hall–Kier alpha value is -0.505. The third kappa shape index (κ3) is 2.63. The third-order valence-corrected chi connectivity index (χ3v) is 0.812. The average Bonchev–Trinajstić information content (AvgIpc) is 1.67. The molecule has 0 aliphatic heterocycles. The fourth-order valence-corrected chi connectivity index (χ4v) is 0.260. The SMILES string of the molecule is [B]C(=O)N(C)CCO. The molecule has 0 rings (SSSR count). The van der Waals surface area contributed by atoms with Gasteiger partial charge in [0.2, 0.25) is 7.85 Å². The first kappa shape index (κ1) is 7.49. The van der Waals surface area contributed by atoms with Crippen LogP contribution in [0.2, 0.25) is 0 Å². The largest absolute Gasteiger partial charge is 0.395 e. The zero-order chi connectivity index (χ0) is 6.57. The number of nitrogens with zero attached hydrogens (tertiary/aromatic N) is 1. The van der Waals surface area contributed by atoms with E-state index < -0.39 is 5.81 Å². The monoisotopic (exact) mass is 113 g/mol. The van der Waals surface area contributed by atoms with Crippen molar-refractivity contribution in [1.82, 2.24) is 4.90 Å². The van der Waals surface area contributed by atoms with Gasteiger partial charge >= 0.3 is 0 Å². The van der Waals surface area contributed by atoms with Gasteiger partial charge in [-0.1, -0.05) is 0 Å². The number of rotatable bonds is 2. The normalized spacial score (nSPS) is 8.75. The highest BCUT2D eigenvalue weighted by Gasteiger charge is 1.96. The summed E-state index contributed by atoms with van der Waals surface area (Å²) in [5.41, 5.74) is 0. The highest BCUT2D eigenvalue weighted by atomic mass is 16.3. The molecule has 0 saturated carbocycles. The minimum atomic E-state index is -0.515. The second-order valence-corrected chi connectivity index (χ2v) is 1.48. The standard InChI is InChI=1S/C4H8BNO2/c1-6(2-3-7)4(5)8/h7H,2-3H2,1H3. The maximum Gasteiger partial charge on any atom is 0.200 e. The molecule has 4 heteroatoms. The number of carbonyl (C=O) groups excluding carboxylic acids is 1. The predicted octanol–water partition coefficient (Wildman–Crippen LogP) is -0.801. The van der Waals surface area contributed by atoms with Gasteiger partial charge in [-0.3, -0.25) is 4.79 Å². The van der Waals surface area contributed by atoms with Crippen LogP contribution in [0.25, 0.3) is 0 Å². The fraction of sp³-hybridized carbons (Fsp3) is 0.750. The summed E-state index contributed by atoms with van der Waals surface area (Å²) in [6, 6.07) is 0. The molecule has 0 unspecified atom stereocenters. The van der Waals surface area contributed by atoms with Gasteiger partial charge in [0.05, 0.1) is 6.61 Å². The molecule has 0 aromatic rings. The molecular weight excluding hydrogens is 105 g/mol. The van der Waals surface area contributed by atoms with E-state index in [2.05, 4.69) is 0 Å². The average molecular weight is 113 g/mol. The molecule has 1 amide bonds. The maximum absolute atomic E-state index is 10.1. The molecule has 0 heterocycles. The second kappa shape index (κ2) is 3.49. The van der Waals surface area contributed by atoms with Crippen molar-refractivity contribution < 1.29 is 9.90 Å². The first-order valence-electron chi connectivity index (χ1n) is 2.30. The quantitative estimate of drug-likeness (QED) is 0.476. The van der Waals surface area contributed by atoms with Crippen LogP contribution >= 0.6 is 0 Å². The molecular formula is C4H8BNO2. The summed E-state index contributed by atoms with van der Waals surface area (Å²) < 4.78 is 0. The van der Waals surface area contributed by atoms with Crippen LogP contribution in [0.3, 0.4) is 0 Å². The number of aliphatic hydroxyl groups excluding tert-OH is 1. The van der Waals surface area contributed by atoms with Crippen molar-refractivity contribution in [3.8, 4) is 0 Å². The molecule has 0 fully saturated rings. The highest BCUT2D eigenvalue weighted by Crippen LogP contribution is 1.78. The van der Waals surface area contributed by atoms with E-state index >= 15 is 0 Å². The van der Waals surface area contributed by atoms with E-state index in [0.29, 0.717) is 6.54 Å². The van der Waals surface area contributed by atoms with Gasteiger partial charge in [0.1, 0.15) is 0 Å². The Balaban J connectivity index is 3.32. The summed E-state index contributed by atoms with van der Waals surface area (Å²) >= 11 is 0. The number of amides is 1. The van der Waals surface area contributed by atoms with Crippen molar-refractivity contribution in [3.05, 3.63) is 0 Å². The smallest absolute Gasteiger partial charge is 0.200 e. The van der Waals surface area contributed by atoms with Crippen LogP contribution in [-0.2, 0) is 0 Å². The lowest BCUT2D eigenvalue weighted by molar-refractivity contribution is 0.210. The fourth-order valence-electron chi connectivity index (χ4n) is 0.260. The molecule has 0 atom stereocenters. The van der Waals surface area contributed by atoms with Crippen LogP contribution in [0.15, 0.2) is 0 Å². The van der Waals surface area contributed by atoms with Crippen LogP contribution in [0.4, 0.5) is 4.79 Å². The molecule has 0 aliphatic rings. The van der Waals surface area contributed by atoms with Gasteiger partial charge in [-0.25, -0.2) is 0 Å². The van der Waals surface area contributed by atoms with E-state index in [0.717, 1.165) is 0 Å². The molecule has 0 aromatic heterocycles.